The van der Waals surface area contributed by atoms with Crippen LogP contribution < -0.4 is 4.72 Å². The fraction of sp³-hybridized carbons (Fsp3) is 0.391. The number of carbonyl (C=O) groups is 1. The second-order valence-electron chi connectivity index (χ2n) is 8.35. The molecule has 2 aromatic rings. The Hall–Kier alpha value is -1.79. The molecule has 2 aromatic carbocycles. The second kappa shape index (κ2) is 11.5. The number of piperidine rings is 1. The molecular weight excluding hydrogens is 576 g/mol. The summed E-state index contributed by atoms with van der Waals surface area (Å²) in [6, 6.07) is 13.4. The number of likely N-dealkylation sites (tertiary alicyclic amines) is 1. The summed E-state index contributed by atoms with van der Waals surface area (Å²) in [5.41, 5.74) is -0.0854. The Morgan fingerprint density at radius 1 is 1.17 bits per heavy atom. The number of amidine groups is 1. The number of sulfonamides is 1. The molecule has 0 aliphatic carbocycles. The molecule has 35 heavy (non-hydrogen) atoms. The highest BCUT2D eigenvalue weighted by molar-refractivity contribution is 8.93. The molecule has 2 saturated heterocycles. The first-order chi connectivity index (χ1) is 16.2. The minimum absolute atomic E-state index is 0. The number of rotatable bonds is 5. The van der Waals surface area contributed by atoms with E-state index in [1.54, 1.807) is 18.0 Å². The van der Waals surface area contributed by atoms with Gasteiger partial charge in [0.25, 0.3) is 10.0 Å². The maximum atomic E-state index is 13.0. The van der Waals surface area contributed by atoms with Crippen LogP contribution in [0.2, 0.25) is 5.02 Å². The Morgan fingerprint density at radius 2 is 1.86 bits per heavy atom. The number of nitrogens with zero attached hydrogens (tertiary/aromatic N) is 3. The first-order valence-corrected chi connectivity index (χ1v) is 13.8. The van der Waals surface area contributed by atoms with Gasteiger partial charge in [-0.1, -0.05) is 59.8 Å². The quantitative estimate of drug-likeness (QED) is 0.532. The summed E-state index contributed by atoms with van der Waals surface area (Å²) in [6.45, 7) is 1.50. The molecule has 2 amide bonds. The molecule has 2 aliphatic heterocycles. The summed E-state index contributed by atoms with van der Waals surface area (Å²) >= 11 is 7.60. The van der Waals surface area contributed by atoms with Gasteiger partial charge in [0.1, 0.15) is 4.90 Å². The maximum absolute atomic E-state index is 13.0. The Morgan fingerprint density at radius 3 is 2.54 bits per heavy atom. The molecule has 1 atom stereocenters. The van der Waals surface area contributed by atoms with Crippen molar-refractivity contribution in [1.29, 1.82) is 0 Å². The number of benzene rings is 2. The summed E-state index contributed by atoms with van der Waals surface area (Å²) in [6.07, 6.45) is 2.70. The molecule has 1 unspecified atom stereocenters. The number of aliphatic imine (C=N–C) groups is 1. The van der Waals surface area contributed by atoms with Gasteiger partial charge >= 0.3 is 6.03 Å². The van der Waals surface area contributed by atoms with E-state index >= 15 is 0 Å². The van der Waals surface area contributed by atoms with Gasteiger partial charge in [-0.2, -0.15) is 0 Å². The molecule has 4 rings (SSSR count). The van der Waals surface area contributed by atoms with E-state index < -0.39 is 21.8 Å². The number of carbonyl (C=O) groups excluding carboxylic acids is 1. The van der Waals surface area contributed by atoms with Gasteiger partial charge < -0.3 is 14.9 Å². The Bertz CT molecular complexity index is 1190. The van der Waals surface area contributed by atoms with Crippen LogP contribution in [0.15, 0.2) is 58.4 Å². The van der Waals surface area contributed by atoms with Crippen molar-refractivity contribution < 1.29 is 18.3 Å². The van der Waals surface area contributed by atoms with Crippen molar-refractivity contribution in [3.8, 4) is 0 Å². The molecular formula is C23H28BrClN4O4S2. The zero-order valence-corrected chi connectivity index (χ0v) is 23.3. The molecule has 190 valence electrons. The molecule has 0 bridgehead atoms. The number of thioether (sulfide) groups is 1. The number of nitrogens with one attached hydrogen (secondary N) is 1. The molecule has 2 aliphatic rings. The lowest BCUT2D eigenvalue weighted by molar-refractivity contribution is -0.0350. The highest BCUT2D eigenvalue weighted by Crippen LogP contribution is 2.39. The van der Waals surface area contributed by atoms with E-state index in [-0.39, 0.29) is 32.7 Å². The first kappa shape index (κ1) is 27.8. The highest BCUT2D eigenvalue weighted by Gasteiger charge is 2.43. The van der Waals surface area contributed by atoms with Crippen molar-refractivity contribution >= 4 is 61.6 Å². The van der Waals surface area contributed by atoms with Crippen molar-refractivity contribution in [3.05, 3.63) is 64.7 Å². The van der Waals surface area contributed by atoms with E-state index in [0.29, 0.717) is 30.4 Å². The molecule has 0 saturated carbocycles. The summed E-state index contributed by atoms with van der Waals surface area (Å²) in [5.74, 6) is 0.262. The number of halogens is 2. The molecule has 2 fully saturated rings. The van der Waals surface area contributed by atoms with Gasteiger partial charge in [0.15, 0.2) is 10.9 Å². The van der Waals surface area contributed by atoms with Crippen molar-refractivity contribution in [2.75, 3.05) is 25.9 Å². The summed E-state index contributed by atoms with van der Waals surface area (Å²) < 4.78 is 28.2. The van der Waals surface area contributed by atoms with Crippen LogP contribution in [0.3, 0.4) is 0 Å². The van der Waals surface area contributed by atoms with Crippen LogP contribution in [0.4, 0.5) is 4.79 Å². The van der Waals surface area contributed by atoms with Crippen LogP contribution in [-0.2, 0) is 22.3 Å². The van der Waals surface area contributed by atoms with Gasteiger partial charge in [0, 0.05) is 25.7 Å². The zero-order chi connectivity index (χ0) is 24.3. The third kappa shape index (κ3) is 6.14. The minimum atomic E-state index is -4.24. The summed E-state index contributed by atoms with van der Waals surface area (Å²) in [5, 5.41) is 12.1. The summed E-state index contributed by atoms with van der Waals surface area (Å²) in [4.78, 5) is 20.0. The summed E-state index contributed by atoms with van der Waals surface area (Å²) in [7, 11) is -2.52. The van der Waals surface area contributed by atoms with Crippen LogP contribution in [0, 0.1) is 0 Å². The third-order valence-electron chi connectivity index (χ3n) is 6.03. The van der Waals surface area contributed by atoms with E-state index in [1.165, 1.54) is 28.8 Å². The van der Waals surface area contributed by atoms with Crippen molar-refractivity contribution in [1.82, 2.24) is 14.5 Å². The van der Waals surface area contributed by atoms with E-state index in [1.807, 2.05) is 30.3 Å². The number of hydrogen-bond acceptors (Lipinski definition) is 6. The topological polar surface area (TPSA) is 102 Å². The molecule has 12 heteroatoms. The lowest BCUT2D eigenvalue weighted by Crippen LogP contribution is -2.45. The first-order valence-electron chi connectivity index (χ1n) is 11.0. The Balaban J connectivity index is 0.00000342. The zero-order valence-electron chi connectivity index (χ0n) is 19.2. The normalized spacial score (nSPS) is 21.6. The van der Waals surface area contributed by atoms with Crippen molar-refractivity contribution in [3.63, 3.8) is 0 Å². The number of urea groups is 1. The SMILES string of the molecule is Br.CN1C(=NCc2ccccc2)SCC1(O)c1ccc(Cl)c(S(=O)(=O)NC(=O)N2CCCCC2)c1. The lowest BCUT2D eigenvalue weighted by atomic mass is 10.0. The van der Waals surface area contributed by atoms with Gasteiger partial charge in [-0.05, 0) is 37.0 Å². The van der Waals surface area contributed by atoms with Gasteiger partial charge in [0.2, 0.25) is 0 Å². The lowest BCUT2D eigenvalue weighted by Gasteiger charge is -2.32. The van der Waals surface area contributed by atoms with Gasteiger partial charge in [-0.25, -0.2) is 17.9 Å². The van der Waals surface area contributed by atoms with Crippen LogP contribution in [-0.4, -0.2) is 60.4 Å². The molecule has 8 nitrogen and oxygen atoms in total. The predicted octanol–water partition coefficient (Wildman–Crippen LogP) is 4.18. The molecule has 0 spiro atoms. The number of hydrogen-bond donors (Lipinski definition) is 2. The van der Waals surface area contributed by atoms with E-state index in [0.717, 1.165) is 24.8 Å². The number of aliphatic hydroxyl groups is 1. The molecule has 2 heterocycles. The van der Waals surface area contributed by atoms with Crippen LogP contribution in [0.5, 0.6) is 0 Å². The monoisotopic (exact) mass is 602 g/mol. The van der Waals surface area contributed by atoms with Crippen LogP contribution in [0.25, 0.3) is 0 Å². The van der Waals surface area contributed by atoms with E-state index in [9.17, 15) is 18.3 Å². The average molecular weight is 604 g/mol. The highest BCUT2D eigenvalue weighted by atomic mass is 79.9. The Kier molecular flexibility index (Phi) is 9.14. The predicted molar refractivity (Wildman–Crippen MR) is 145 cm³/mol. The van der Waals surface area contributed by atoms with Gasteiger partial charge in [-0.3, -0.25) is 4.99 Å². The smallest absolute Gasteiger partial charge is 0.331 e. The largest absolute Gasteiger partial charge is 0.366 e. The Labute approximate surface area is 225 Å². The fourth-order valence-electron chi connectivity index (χ4n) is 3.98. The average Bonchev–Trinajstić information content (AvgIpc) is 3.13. The van der Waals surface area contributed by atoms with Crippen LogP contribution >= 0.6 is 40.3 Å². The second-order valence-corrected chi connectivity index (χ2v) is 11.4. The van der Waals surface area contributed by atoms with E-state index in [2.05, 4.69) is 9.71 Å². The van der Waals surface area contributed by atoms with Crippen molar-refractivity contribution in [2.45, 2.75) is 36.4 Å². The van der Waals surface area contributed by atoms with Crippen LogP contribution in [0.1, 0.15) is 30.4 Å². The molecule has 0 aromatic heterocycles. The van der Waals surface area contributed by atoms with Gasteiger partial charge in [0.05, 0.1) is 17.3 Å². The third-order valence-corrected chi connectivity index (χ3v) is 9.04. The minimum Gasteiger partial charge on any atom is -0.366 e. The van der Waals surface area contributed by atoms with Gasteiger partial charge in [-0.15, -0.1) is 17.0 Å². The standard InChI is InChI=1S/C23H27ClN4O4S2.BrH/c1-27-22(25-15-17-8-4-2-5-9-17)33-16-23(27,30)18-10-11-19(24)20(14-18)34(31,32)26-21(29)28-12-6-3-7-13-28;/h2,4-5,8-11,14,30H,3,6-7,12-13,15-16H2,1H3,(H,26,29);1H. The van der Waals surface area contributed by atoms with Crippen molar-refractivity contribution in [2.24, 2.45) is 4.99 Å². The molecule has 0 radical (unpaired) electrons. The molecule has 2 N–H and O–H groups in total. The van der Waals surface area contributed by atoms with E-state index in [4.69, 9.17) is 11.6 Å². The fourth-order valence-corrected chi connectivity index (χ4v) is 6.67. The maximum Gasteiger partial charge on any atom is 0.331 e. The number of amides is 2.